The number of aryl methyl sites for hydroxylation is 1. The van der Waals surface area contributed by atoms with E-state index in [1.807, 2.05) is 18.2 Å². The molecule has 6 nitrogen and oxygen atoms in total. The normalized spacial score (nSPS) is 17.7. The third-order valence-corrected chi connectivity index (χ3v) is 8.07. The van der Waals surface area contributed by atoms with E-state index < -0.39 is 10.0 Å². The summed E-state index contributed by atoms with van der Waals surface area (Å²) in [5.74, 6) is 0.580. The van der Waals surface area contributed by atoms with Gasteiger partial charge >= 0.3 is 0 Å². The molecule has 3 rings (SSSR count). The van der Waals surface area contributed by atoms with Crippen molar-refractivity contribution in [2.45, 2.75) is 19.4 Å². The minimum atomic E-state index is -3.19. The van der Waals surface area contributed by atoms with E-state index in [2.05, 4.69) is 31.7 Å². The molecule has 0 spiro atoms. The van der Waals surface area contributed by atoms with Crippen molar-refractivity contribution < 1.29 is 13.2 Å². The Hall–Kier alpha value is -0.680. The van der Waals surface area contributed by atoms with Crippen molar-refractivity contribution in [3.05, 3.63) is 27.5 Å². The van der Waals surface area contributed by atoms with Gasteiger partial charge in [0.15, 0.2) is 4.80 Å². The molecule has 0 unspecified atom stereocenters. The topological polar surface area (TPSA) is 71.7 Å². The fourth-order valence-corrected chi connectivity index (χ4v) is 6.00. The molecule has 0 bridgehead atoms. The van der Waals surface area contributed by atoms with Crippen LogP contribution in [0.5, 0.6) is 0 Å². The number of hydrogen-bond acceptors (Lipinski definition) is 5. The van der Waals surface area contributed by atoms with Crippen LogP contribution in [0.15, 0.2) is 27.7 Å². The summed E-state index contributed by atoms with van der Waals surface area (Å²) in [4.78, 5) is 17.9. The standard InChI is InChI=1S/C17H22BrN3O3S3/c1-25-10-9-21-14-4-3-13(18)11-15(14)26-17(21)19-16(22)12-5-7-20(8-6-12)27(2,23)24/h3-4,11-12H,5-10H2,1-2H3. The number of fused-ring (bicyclic) bond motifs is 1. The van der Waals surface area contributed by atoms with Gasteiger partial charge in [0.2, 0.25) is 10.0 Å². The molecule has 1 aromatic heterocycles. The van der Waals surface area contributed by atoms with Gasteiger partial charge in [0.05, 0.1) is 16.5 Å². The van der Waals surface area contributed by atoms with E-state index in [1.54, 1.807) is 11.8 Å². The number of piperidine rings is 1. The lowest BCUT2D eigenvalue weighted by Crippen LogP contribution is -2.39. The van der Waals surface area contributed by atoms with Crippen LogP contribution in [0.25, 0.3) is 10.2 Å². The van der Waals surface area contributed by atoms with E-state index in [0.717, 1.165) is 27.0 Å². The smallest absolute Gasteiger partial charge is 0.251 e. The second-order valence-electron chi connectivity index (χ2n) is 6.53. The molecule has 1 aliphatic rings. The number of hydrogen-bond donors (Lipinski definition) is 0. The summed E-state index contributed by atoms with van der Waals surface area (Å²) in [6.07, 6.45) is 4.32. The lowest BCUT2D eigenvalue weighted by molar-refractivity contribution is -0.122. The second-order valence-corrected chi connectivity index (χ2v) is 11.4. The number of aromatic nitrogens is 1. The lowest BCUT2D eigenvalue weighted by atomic mass is 9.98. The van der Waals surface area contributed by atoms with E-state index in [-0.39, 0.29) is 11.8 Å². The zero-order valence-corrected chi connectivity index (χ0v) is 19.3. The largest absolute Gasteiger partial charge is 0.316 e. The molecule has 1 aromatic carbocycles. The van der Waals surface area contributed by atoms with Gasteiger partial charge in [0.25, 0.3) is 5.91 Å². The van der Waals surface area contributed by atoms with Gasteiger partial charge in [0, 0.05) is 35.8 Å². The fourth-order valence-electron chi connectivity index (χ4n) is 3.15. The maximum Gasteiger partial charge on any atom is 0.251 e. The number of rotatable bonds is 5. The molecular formula is C17H22BrN3O3S3. The monoisotopic (exact) mass is 491 g/mol. The van der Waals surface area contributed by atoms with Crippen LogP contribution in [0.3, 0.4) is 0 Å². The SMILES string of the molecule is CSCCn1c(=NC(=O)C2CCN(S(C)(=O)=O)CC2)sc2cc(Br)ccc21. The van der Waals surface area contributed by atoms with Crippen molar-refractivity contribution in [3.8, 4) is 0 Å². The molecule has 1 fully saturated rings. The third kappa shape index (κ3) is 5.03. The summed E-state index contributed by atoms with van der Waals surface area (Å²) in [6.45, 7) is 1.56. The molecule has 0 atom stereocenters. The molecule has 148 valence electrons. The van der Waals surface area contributed by atoms with Gasteiger partial charge in [-0.2, -0.15) is 16.8 Å². The molecule has 1 amide bonds. The summed E-state index contributed by atoms with van der Waals surface area (Å²) in [5, 5.41) is 0. The Balaban J connectivity index is 1.87. The van der Waals surface area contributed by atoms with Crippen molar-refractivity contribution in [3.63, 3.8) is 0 Å². The maximum atomic E-state index is 12.7. The van der Waals surface area contributed by atoms with Gasteiger partial charge in [0.1, 0.15) is 0 Å². The zero-order valence-electron chi connectivity index (χ0n) is 15.2. The van der Waals surface area contributed by atoms with E-state index in [9.17, 15) is 13.2 Å². The van der Waals surface area contributed by atoms with Crippen LogP contribution < -0.4 is 4.80 Å². The number of sulfonamides is 1. The molecule has 0 radical (unpaired) electrons. The molecule has 0 aliphatic carbocycles. The van der Waals surface area contributed by atoms with Gasteiger partial charge in [-0.1, -0.05) is 27.3 Å². The Kier molecular flexibility index (Phi) is 6.83. The van der Waals surface area contributed by atoms with E-state index >= 15 is 0 Å². The van der Waals surface area contributed by atoms with Crippen molar-refractivity contribution >= 4 is 65.2 Å². The highest BCUT2D eigenvalue weighted by Gasteiger charge is 2.28. The molecule has 0 N–H and O–H groups in total. The number of thioether (sulfide) groups is 1. The van der Waals surface area contributed by atoms with Crippen molar-refractivity contribution in [2.75, 3.05) is 31.4 Å². The Morgan fingerprint density at radius 2 is 2.07 bits per heavy atom. The summed E-state index contributed by atoms with van der Waals surface area (Å²) < 4.78 is 28.9. The summed E-state index contributed by atoms with van der Waals surface area (Å²) in [5.41, 5.74) is 1.08. The highest BCUT2D eigenvalue weighted by molar-refractivity contribution is 9.10. The summed E-state index contributed by atoms with van der Waals surface area (Å²) >= 11 is 6.77. The number of carbonyl (C=O) groups is 1. The van der Waals surface area contributed by atoms with E-state index in [1.165, 1.54) is 21.9 Å². The van der Waals surface area contributed by atoms with Crippen molar-refractivity contribution in [1.82, 2.24) is 8.87 Å². The second kappa shape index (κ2) is 8.77. The first-order valence-corrected chi connectivity index (χ1v) is 13.5. The van der Waals surface area contributed by atoms with Crippen LogP contribution in [0.2, 0.25) is 0 Å². The van der Waals surface area contributed by atoms with Gasteiger partial charge in [-0.05, 0) is 37.3 Å². The number of benzene rings is 1. The maximum absolute atomic E-state index is 12.7. The highest BCUT2D eigenvalue weighted by atomic mass is 79.9. The minimum absolute atomic E-state index is 0.147. The first-order valence-electron chi connectivity index (χ1n) is 8.61. The van der Waals surface area contributed by atoms with Gasteiger partial charge in [-0.3, -0.25) is 4.79 Å². The van der Waals surface area contributed by atoms with Crippen LogP contribution in [0.4, 0.5) is 0 Å². The van der Waals surface area contributed by atoms with E-state index in [4.69, 9.17) is 0 Å². The van der Waals surface area contributed by atoms with Gasteiger partial charge < -0.3 is 4.57 Å². The number of thiazole rings is 1. The quantitative estimate of drug-likeness (QED) is 0.644. The first kappa shape index (κ1) is 21.0. The molecule has 2 aromatic rings. The minimum Gasteiger partial charge on any atom is -0.316 e. The molecule has 1 saturated heterocycles. The third-order valence-electron chi connectivity index (χ3n) is 4.64. The Morgan fingerprint density at radius 1 is 1.37 bits per heavy atom. The predicted molar refractivity (Wildman–Crippen MR) is 116 cm³/mol. The average Bonchev–Trinajstić information content (AvgIpc) is 2.95. The van der Waals surface area contributed by atoms with E-state index in [0.29, 0.717) is 30.7 Å². The van der Waals surface area contributed by atoms with Crippen LogP contribution in [-0.2, 0) is 21.4 Å². The highest BCUT2D eigenvalue weighted by Crippen LogP contribution is 2.24. The molecule has 27 heavy (non-hydrogen) atoms. The number of nitrogens with zero attached hydrogens (tertiary/aromatic N) is 3. The molecule has 10 heteroatoms. The predicted octanol–water partition coefficient (Wildman–Crippen LogP) is 2.93. The fraction of sp³-hybridized carbons (Fsp3) is 0.529. The number of amides is 1. The van der Waals surface area contributed by atoms with Crippen molar-refractivity contribution in [1.29, 1.82) is 0 Å². The molecular weight excluding hydrogens is 470 g/mol. The van der Waals surface area contributed by atoms with Crippen LogP contribution in [-0.4, -0.2) is 54.6 Å². The molecule has 2 heterocycles. The Labute approximate surface area is 175 Å². The van der Waals surface area contributed by atoms with Crippen molar-refractivity contribution in [2.24, 2.45) is 10.9 Å². The first-order chi connectivity index (χ1) is 12.8. The van der Waals surface area contributed by atoms with Gasteiger partial charge in [-0.25, -0.2) is 12.7 Å². The average molecular weight is 492 g/mol. The van der Waals surface area contributed by atoms with Crippen LogP contribution in [0, 0.1) is 5.92 Å². The summed E-state index contributed by atoms with van der Waals surface area (Å²) in [7, 11) is -3.19. The zero-order chi connectivity index (χ0) is 19.6. The molecule has 0 saturated carbocycles. The summed E-state index contributed by atoms with van der Waals surface area (Å²) in [6, 6.07) is 6.09. The number of halogens is 1. The Bertz CT molecular complexity index is 1010. The van der Waals surface area contributed by atoms with Crippen LogP contribution in [0.1, 0.15) is 12.8 Å². The lowest BCUT2D eigenvalue weighted by Gasteiger charge is -2.28. The van der Waals surface area contributed by atoms with Crippen LogP contribution >= 0.6 is 39.0 Å². The number of carbonyl (C=O) groups excluding carboxylic acids is 1. The van der Waals surface area contributed by atoms with Gasteiger partial charge in [-0.15, -0.1) is 0 Å². The molecule has 1 aliphatic heterocycles. The Morgan fingerprint density at radius 3 is 2.70 bits per heavy atom.